The molecule has 1 N–H and O–H groups in total. The highest BCUT2D eigenvalue weighted by Crippen LogP contribution is 2.33. The molecule has 1 aliphatic rings. The first kappa shape index (κ1) is 15.8. The Labute approximate surface area is 132 Å². The summed E-state index contributed by atoms with van der Waals surface area (Å²) >= 11 is 9.34. The van der Waals surface area contributed by atoms with Crippen molar-refractivity contribution in [2.24, 2.45) is 5.92 Å². The van der Waals surface area contributed by atoms with Gasteiger partial charge in [-0.3, -0.25) is 4.79 Å². The maximum Gasteiger partial charge on any atom is 0.254 e. The van der Waals surface area contributed by atoms with Gasteiger partial charge in [0.25, 0.3) is 5.91 Å². The Morgan fingerprint density at radius 1 is 1.60 bits per heavy atom. The molecule has 0 aromatic heterocycles. The van der Waals surface area contributed by atoms with Crippen molar-refractivity contribution in [2.75, 3.05) is 5.88 Å². The first-order valence-electron chi connectivity index (χ1n) is 6.79. The summed E-state index contributed by atoms with van der Waals surface area (Å²) in [6.45, 7) is 2.16. The Bertz CT molecular complexity index is 511. The lowest BCUT2D eigenvalue weighted by Crippen LogP contribution is -2.52. The number of carbonyl (C=O) groups excluding carboxylic acids is 1. The lowest BCUT2D eigenvalue weighted by molar-refractivity contribution is 0.0863. The van der Waals surface area contributed by atoms with Crippen molar-refractivity contribution in [2.45, 2.75) is 38.1 Å². The van der Waals surface area contributed by atoms with E-state index in [1.54, 1.807) is 6.07 Å². The normalized spacial score (nSPS) is 26.3. The molecule has 1 fully saturated rings. The van der Waals surface area contributed by atoms with E-state index in [0.717, 1.165) is 25.7 Å². The van der Waals surface area contributed by atoms with Gasteiger partial charge in [0.1, 0.15) is 5.82 Å². The van der Waals surface area contributed by atoms with Crippen LogP contribution in [0.15, 0.2) is 22.7 Å². The fraction of sp³-hybridized carbons (Fsp3) is 0.533. The van der Waals surface area contributed by atoms with Crippen molar-refractivity contribution < 1.29 is 9.18 Å². The van der Waals surface area contributed by atoms with Crippen molar-refractivity contribution in [1.29, 1.82) is 0 Å². The molecule has 1 aliphatic carbocycles. The van der Waals surface area contributed by atoms with Crippen LogP contribution in [0, 0.1) is 11.7 Å². The SMILES string of the molecule is CC1CCCC(CCl)(NC(=O)c2cc(Br)ccc2F)C1. The van der Waals surface area contributed by atoms with Crippen LogP contribution < -0.4 is 5.32 Å². The van der Waals surface area contributed by atoms with Gasteiger partial charge in [-0.15, -0.1) is 11.6 Å². The lowest BCUT2D eigenvalue weighted by Gasteiger charge is -2.39. The van der Waals surface area contributed by atoms with Crippen LogP contribution in [0.25, 0.3) is 0 Å². The van der Waals surface area contributed by atoms with Crippen LogP contribution >= 0.6 is 27.5 Å². The maximum absolute atomic E-state index is 13.8. The van der Waals surface area contributed by atoms with Gasteiger partial charge >= 0.3 is 0 Å². The van der Waals surface area contributed by atoms with Crippen LogP contribution in [0.1, 0.15) is 43.0 Å². The summed E-state index contributed by atoms with van der Waals surface area (Å²) in [5, 5.41) is 2.97. The molecule has 0 bridgehead atoms. The van der Waals surface area contributed by atoms with Gasteiger partial charge in [0.2, 0.25) is 0 Å². The standard InChI is InChI=1S/C15H18BrClFNO/c1-10-3-2-6-15(8-10,9-17)19-14(20)12-7-11(16)4-5-13(12)18/h4-5,7,10H,2-3,6,8-9H2,1H3,(H,19,20). The third-order valence-electron chi connectivity index (χ3n) is 3.90. The Kier molecular flexibility index (Phi) is 5.08. The molecule has 1 saturated carbocycles. The van der Waals surface area contributed by atoms with Crippen molar-refractivity contribution in [1.82, 2.24) is 5.32 Å². The van der Waals surface area contributed by atoms with E-state index in [2.05, 4.69) is 28.2 Å². The first-order chi connectivity index (χ1) is 9.46. The fourth-order valence-corrected chi connectivity index (χ4v) is 3.58. The number of hydrogen-bond donors (Lipinski definition) is 1. The van der Waals surface area contributed by atoms with Crippen LogP contribution in [0.4, 0.5) is 4.39 Å². The third-order valence-corrected chi connectivity index (χ3v) is 4.90. The Balaban J connectivity index is 2.19. The van der Waals surface area contributed by atoms with Gasteiger partial charge in [-0.2, -0.15) is 0 Å². The number of halogens is 3. The highest BCUT2D eigenvalue weighted by atomic mass is 79.9. The van der Waals surface area contributed by atoms with Crippen LogP contribution in [-0.2, 0) is 0 Å². The molecule has 2 rings (SSSR count). The second-order valence-corrected chi connectivity index (χ2v) is 6.88. The van der Waals surface area contributed by atoms with Crippen molar-refractivity contribution >= 4 is 33.4 Å². The number of alkyl halides is 1. The zero-order valence-corrected chi connectivity index (χ0v) is 13.7. The first-order valence-corrected chi connectivity index (χ1v) is 8.12. The van der Waals surface area contributed by atoms with E-state index in [4.69, 9.17) is 11.6 Å². The Hall–Kier alpha value is -0.610. The van der Waals surface area contributed by atoms with Gasteiger partial charge in [-0.05, 0) is 37.0 Å². The molecule has 20 heavy (non-hydrogen) atoms. The number of nitrogens with one attached hydrogen (secondary N) is 1. The van der Waals surface area contributed by atoms with E-state index in [1.165, 1.54) is 12.1 Å². The highest BCUT2D eigenvalue weighted by molar-refractivity contribution is 9.10. The highest BCUT2D eigenvalue weighted by Gasteiger charge is 2.36. The summed E-state index contributed by atoms with van der Waals surface area (Å²) in [5.74, 6) is -0.0217. The second kappa shape index (κ2) is 6.44. The maximum atomic E-state index is 13.8. The van der Waals surface area contributed by atoms with Crippen LogP contribution in [0.5, 0.6) is 0 Å². The van der Waals surface area contributed by atoms with Crippen molar-refractivity contribution in [3.8, 4) is 0 Å². The van der Waals surface area contributed by atoms with Gasteiger partial charge in [0.05, 0.1) is 11.1 Å². The zero-order chi connectivity index (χ0) is 14.8. The Morgan fingerprint density at radius 2 is 2.35 bits per heavy atom. The molecular weight excluding hydrogens is 345 g/mol. The average molecular weight is 363 g/mol. The molecule has 0 aliphatic heterocycles. The summed E-state index contributed by atoms with van der Waals surface area (Å²) < 4.78 is 14.4. The molecule has 1 aromatic rings. The van der Waals surface area contributed by atoms with E-state index in [0.29, 0.717) is 16.3 Å². The average Bonchev–Trinajstić information content (AvgIpc) is 2.41. The molecule has 1 aromatic carbocycles. The molecule has 0 saturated heterocycles. The number of amides is 1. The number of benzene rings is 1. The number of carbonyl (C=O) groups is 1. The molecule has 2 atom stereocenters. The quantitative estimate of drug-likeness (QED) is 0.788. The minimum absolute atomic E-state index is 0.0575. The number of hydrogen-bond acceptors (Lipinski definition) is 1. The minimum atomic E-state index is -0.515. The molecule has 0 spiro atoms. The van der Waals surface area contributed by atoms with Crippen LogP contribution in [-0.4, -0.2) is 17.3 Å². The summed E-state index contributed by atoms with van der Waals surface area (Å²) in [6, 6.07) is 4.36. The lowest BCUT2D eigenvalue weighted by atomic mass is 9.77. The van der Waals surface area contributed by atoms with Gasteiger partial charge in [-0.1, -0.05) is 35.7 Å². The molecule has 5 heteroatoms. The summed E-state index contributed by atoms with van der Waals surface area (Å²) in [7, 11) is 0. The minimum Gasteiger partial charge on any atom is -0.345 e. The van der Waals surface area contributed by atoms with E-state index in [-0.39, 0.29) is 5.56 Å². The van der Waals surface area contributed by atoms with E-state index >= 15 is 0 Å². The predicted octanol–water partition coefficient (Wildman–Crippen LogP) is 4.51. The summed E-state index contributed by atoms with van der Waals surface area (Å²) in [5.41, 5.74) is -0.354. The summed E-state index contributed by atoms with van der Waals surface area (Å²) in [6.07, 6.45) is 3.88. The third kappa shape index (κ3) is 3.53. The van der Waals surface area contributed by atoms with Gasteiger partial charge in [0.15, 0.2) is 0 Å². The molecule has 110 valence electrons. The van der Waals surface area contributed by atoms with E-state index in [1.807, 2.05) is 0 Å². The van der Waals surface area contributed by atoms with Gasteiger partial charge < -0.3 is 5.32 Å². The molecule has 1 amide bonds. The van der Waals surface area contributed by atoms with Gasteiger partial charge in [0, 0.05) is 10.4 Å². The summed E-state index contributed by atoms with van der Waals surface area (Å²) in [4.78, 5) is 12.3. The topological polar surface area (TPSA) is 29.1 Å². The second-order valence-electron chi connectivity index (χ2n) is 5.69. The molecule has 2 unspecified atom stereocenters. The van der Waals surface area contributed by atoms with Crippen molar-refractivity contribution in [3.05, 3.63) is 34.1 Å². The molecule has 2 nitrogen and oxygen atoms in total. The van der Waals surface area contributed by atoms with Crippen LogP contribution in [0.3, 0.4) is 0 Å². The molecular formula is C15H18BrClFNO. The largest absolute Gasteiger partial charge is 0.345 e. The molecule has 0 radical (unpaired) electrons. The Morgan fingerprint density at radius 3 is 3.00 bits per heavy atom. The van der Waals surface area contributed by atoms with Gasteiger partial charge in [-0.25, -0.2) is 4.39 Å². The van der Waals surface area contributed by atoms with Crippen LogP contribution in [0.2, 0.25) is 0 Å². The van der Waals surface area contributed by atoms with E-state index < -0.39 is 17.3 Å². The monoisotopic (exact) mass is 361 g/mol. The predicted molar refractivity (Wildman–Crippen MR) is 82.6 cm³/mol. The number of rotatable bonds is 3. The van der Waals surface area contributed by atoms with E-state index in [9.17, 15) is 9.18 Å². The zero-order valence-electron chi connectivity index (χ0n) is 11.4. The van der Waals surface area contributed by atoms with Crippen molar-refractivity contribution in [3.63, 3.8) is 0 Å². The fourth-order valence-electron chi connectivity index (χ4n) is 2.91. The smallest absolute Gasteiger partial charge is 0.254 e. The molecule has 0 heterocycles.